The van der Waals surface area contributed by atoms with Crippen LogP contribution in [0.15, 0.2) is 46.9 Å². The van der Waals surface area contributed by atoms with E-state index in [1.807, 2.05) is 55.5 Å². The number of hydrogen-bond donors (Lipinski definition) is 0. The van der Waals surface area contributed by atoms with Crippen molar-refractivity contribution in [3.63, 3.8) is 0 Å². The summed E-state index contributed by atoms with van der Waals surface area (Å²) in [6.07, 6.45) is 8.05. The number of oxazole rings is 1. The van der Waals surface area contributed by atoms with Crippen molar-refractivity contribution in [2.75, 3.05) is 0 Å². The Labute approximate surface area is 114 Å². The lowest BCUT2D eigenvalue weighted by Crippen LogP contribution is -1.81. The molecular weight excluding hydrogens is 234 g/mol. The van der Waals surface area contributed by atoms with Gasteiger partial charge in [0.05, 0.1) is 0 Å². The molecule has 1 heterocycles. The van der Waals surface area contributed by atoms with E-state index in [9.17, 15) is 0 Å². The van der Waals surface area contributed by atoms with Gasteiger partial charge in [0.2, 0.25) is 5.89 Å². The number of allylic oxidation sites excluding steroid dienone is 2. The summed E-state index contributed by atoms with van der Waals surface area (Å²) in [6, 6.07) is 9.96. The lowest BCUT2D eigenvalue weighted by atomic mass is 10.2. The van der Waals surface area contributed by atoms with Crippen LogP contribution in [0.2, 0.25) is 0 Å². The highest BCUT2D eigenvalue weighted by Gasteiger charge is 2.10. The third kappa shape index (κ3) is 3.44. The first kappa shape index (κ1) is 13.3. The Morgan fingerprint density at radius 3 is 2.47 bits per heavy atom. The van der Waals surface area contributed by atoms with Gasteiger partial charge in [-0.25, -0.2) is 4.98 Å². The molecule has 0 atom stereocenters. The second-order valence-electron chi connectivity index (χ2n) is 4.74. The predicted molar refractivity (Wildman–Crippen MR) is 80.5 cm³/mol. The zero-order valence-electron chi connectivity index (χ0n) is 11.6. The minimum Gasteiger partial charge on any atom is -0.436 e. The Kier molecular flexibility index (Phi) is 4.35. The summed E-state index contributed by atoms with van der Waals surface area (Å²) in [4.78, 5) is 4.57. The van der Waals surface area contributed by atoms with E-state index in [1.165, 1.54) is 0 Å². The molecule has 0 unspecified atom stereocenters. The molecule has 0 spiro atoms. The van der Waals surface area contributed by atoms with E-state index in [0.717, 1.165) is 17.0 Å². The van der Waals surface area contributed by atoms with E-state index in [2.05, 4.69) is 24.9 Å². The van der Waals surface area contributed by atoms with Gasteiger partial charge in [0.25, 0.3) is 0 Å². The monoisotopic (exact) mass is 253 g/mol. The summed E-state index contributed by atoms with van der Waals surface area (Å²) in [5.41, 5.74) is 1.88. The summed E-state index contributed by atoms with van der Waals surface area (Å²) < 4.78 is 5.82. The third-order valence-electron chi connectivity index (χ3n) is 2.66. The predicted octanol–water partition coefficient (Wildman–Crippen LogP) is 5.04. The van der Waals surface area contributed by atoms with Crippen LogP contribution in [0.4, 0.5) is 0 Å². The summed E-state index contributed by atoms with van der Waals surface area (Å²) >= 11 is 0. The van der Waals surface area contributed by atoms with Crippen LogP contribution in [0.3, 0.4) is 0 Å². The van der Waals surface area contributed by atoms with Gasteiger partial charge in [0.15, 0.2) is 5.76 Å². The fraction of sp³-hybridized carbons (Fsp3) is 0.235. The molecule has 0 saturated carbocycles. The number of hydrogen-bond acceptors (Lipinski definition) is 2. The number of benzene rings is 1. The van der Waals surface area contributed by atoms with Crippen LogP contribution in [0.1, 0.15) is 32.2 Å². The summed E-state index contributed by atoms with van der Waals surface area (Å²) in [5, 5.41) is 0. The van der Waals surface area contributed by atoms with Crippen LogP contribution < -0.4 is 0 Å². The maximum Gasteiger partial charge on any atom is 0.227 e. The largest absolute Gasteiger partial charge is 0.436 e. The van der Waals surface area contributed by atoms with E-state index in [1.54, 1.807) is 0 Å². The van der Waals surface area contributed by atoms with Crippen molar-refractivity contribution in [3.8, 4) is 11.5 Å². The topological polar surface area (TPSA) is 26.0 Å². The summed E-state index contributed by atoms with van der Waals surface area (Å²) in [6.45, 7) is 6.26. The Morgan fingerprint density at radius 1 is 1.11 bits per heavy atom. The van der Waals surface area contributed by atoms with Crippen molar-refractivity contribution in [2.24, 2.45) is 5.92 Å². The fourth-order valence-electron chi connectivity index (χ4n) is 1.72. The summed E-state index contributed by atoms with van der Waals surface area (Å²) in [5.74, 6) is 1.96. The number of nitrogens with zero attached hydrogens (tertiary/aromatic N) is 1. The molecule has 0 aliphatic heterocycles. The highest BCUT2D eigenvalue weighted by Crippen LogP contribution is 2.24. The van der Waals surface area contributed by atoms with Crippen LogP contribution in [0.25, 0.3) is 23.6 Å². The SMILES string of the molecule is C/C=C\c1oc(-c2ccccc2)nc1/C=C\C(C)C. The Morgan fingerprint density at radius 2 is 1.84 bits per heavy atom. The van der Waals surface area contributed by atoms with Gasteiger partial charge in [-0.05, 0) is 37.1 Å². The molecule has 2 rings (SSSR count). The fourth-order valence-corrected chi connectivity index (χ4v) is 1.72. The highest BCUT2D eigenvalue weighted by atomic mass is 16.4. The van der Waals surface area contributed by atoms with Crippen molar-refractivity contribution in [1.29, 1.82) is 0 Å². The number of aromatic nitrogens is 1. The average molecular weight is 253 g/mol. The molecule has 0 saturated heterocycles. The molecule has 0 aliphatic rings. The molecule has 2 aromatic rings. The van der Waals surface area contributed by atoms with Gasteiger partial charge < -0.3 is 4.42 Å². The van der Waals surface area contributed by atoms with Crippen molar-refractivity contribution >= 4 is 12.2 Å². The Bertz CT molecular complexity index is 577. The van der Waals surface area contributed by atoms with Crippen LogP contribution >= 0.6 is 0 Å². The van der Waals surface area contributed by atoms with Crippen LogP contribution in [0.5, 0.6) is 0 Å². The quantitative estimate of drug-likeness (QED) is 0.762. The Balaban J connectivity index is 2.40. The van der Waals surface area contributed by atoms with Gasteiger partial charge in [-0.15, -0.1) is 0 Å². The normalized spacial score (nSPS) is 12.0. The van der Waals surface area contributed by atoms with Gasteiger partial charge in [-0.2, -0.15) is 0 Å². The lowest BCUT2D eigenvalue weighted by molar-refractivity contribution is 0.564. The summed E-state index contributed by atoms with van der Waals surface area (Å²) in [7, 11) is 0. The lowest BCUT2D eigenvalue weighted by Gasteiger charge is -1.92. The minimum atomic E-state index is 0.496. The molecule has 19 heavy (non-hydrogen) atoms. The standard InChI is InChI=1S/C17H19NO/c1-4-8-16-15(12-11-13(2)3)18-17(19-16)14-9-6-5-7-10-14/h4-13H,1-3H3/b8-4-,12-11-. The van der Waals surface area contributed by atoms with Crippen molar-refractivity contribution in [2.45, 2.75) is 20.8 Å². The van der Waals surface area contributed by atoms with Gasteiger partial charge in [0.1, 0.15) is 5.69 Å². The van der Waals surface area contributed by atoms with E-state index in [4.69, 9.17) is 4.42 Å². The van der Waals surface area contributed by atoms with Crippen LogP contribution in [0, 0.1) is 5.92 Å². The molecule has 98 valence electrons. The zero-order chi connectivity index (χ0) is 13.7. The molecule has 0 aliphatic carbocycles. The van der Waals surface area contributed by atoms with E-state index >= 15 is 0 Å². The maximum atomic E-state index is 5.82. The molecule has 0 fully saturated rings. The second kappa shape index (κ2) is 6.19. The molecule has 0 radical (unpaired) electrons. The Hall–Kier alpha value is -2.09. The molecule has 0 amide bonds. The first-order chi connectivity index (χ1) is 9.20. The van der Waals surface area contributed by atoms with Crippen molar-refractivity contribution in [1.82, 2.24) is 4.98 Å². The molecule has 2 heteroatoms. The zero-order valence-corrected chi connectivity index (χ0v) is 11.6. The van der Waals surface area contributed by atoms with E-state index < -0.39 is 0 Å². The average Bonchev–Trinajstić information content (AvgIpc) is 2.81. The molecule has 1 aromatic carbocycles. The highest BCUT2D eigenvalue weighted by molar-refractivity contribution is 5.63. The van der Waals surface area contributed by atoms with E-state index in [0.29, 0.717) is 11.8 Å². The maximum absolute atomic E-state index is 5.82. The van der Waals surface area contributed by atoms with Crippen molar-refractivity contribution in [3.05, 3.63) is 53.9 Å². The molecule has 0 N–H and O–H groups in total. The van der Waals surface area contributed by atoms with Gasteiger partial charge in [-0.3, -0.25) is 0 Å². The minimum absolute atomic E-state index is 0.496. The van der Waals surface area contributed by atoms with Gasteiger partial charge in [-0.1, -0.05) is 44.2 Å². The van der Waals surface area contributed by atoms with Gasteiger partial charge in [0, 0.05) is 5.56 Å². The van der Waals surface area contributed by atoms with E-state index in [-0.39, 0.29) is 0 Å². The molecule has 1 aromatic heterocycles. The molecule has 0 bridgehead atoms. The second-order valence-corrected chi connectivity index (χ2v) is 4.74. The first-order valence-corrected chi connectivity index (χ1v) is 6.58. The molecular formula is C17H19NO. The van der Waals surface area contributed by atoms with Crippen molar-refractivity contribution < 1.29 is 4.42 Å². The third-order valence-corrected chi connectivity index (χ3v) is 2.66. The molecule has 2 nitrogen and oxygen atoms in total. The van der Waals surface area contributed by atoms with Crippen LogP contribution in [-0.4, -0.2) is 4.98 Å². The number of rotatable bonds is 4. The first-order valence-electron chi connectivity index (χ1n) is 6.58. The van der Waals surface area contributed by atoms with Crippen LogP contribution in [-0.2, 0) is 0 Å². The van der Waals surface area contributed by atoms with Gasteiger partial charge >= 0.3 is 0 Å². The smallest absolute Gasteiger partial charge is 0.227 e.